The molecule has 118 valence electrons. The van der Waals surface area contributed by atoms with Gasteiger partial charge in [-0.1, -0.05) is 31.9 Å². The van der Waals surface area contributed by atoms with E-state index in [9.17, 15) is 0 Å². The maximum Gasteiger partial charge on any atom is 0.0509 e. The predicted octanol–water partition coefficient (Wildman–Crippen LogP) is 4.14. The van der Waals surface area contributed by atoms with Crippen molar-refractivity contribution in [1.29, 1.82) is 0 Å². The van der Waals surface area contributed by atoms with Crippen molar-refractivity contribution >= 4 is 0 Å². The number of hydrogen-bond donors (Lipinski definition) is 1. The van der Waals surface area contributed by atoms with Crippen LogP contribution in [0, 0.1) is 20.8 Å². The minimum absolute atomic E-state index is 0.266. The van der Waals surface area contributed by atoms with Gasteiger partial charge in [0.05, 0.1) is 6.04 Å². The third-order valence-corrected chi connectivity index (χ3v) is 5.50. The van der Waals surface area contributed by atoms with E-state index >= 15 is 0 Å². The number of likely N-dealkylation sites (N-methyl/N-ethyl adjacent to an activating group) is 2. The second-order valence-corrected chi connectivity index (χ2v) is 6.99. The summed E-state index contributed by atoms with van der Waals surface area (Å²) in [6.45, 7) is 9.96. The molecule has 1 saturated carbocycles. The molecule has 0 spiro atoms. The highest BCUT2D eigenvalue weighted by molar-refractivity contribution is 5.40. The third-order valence-electron chi connectivity index (χ3n) is 5.50. The summed E-state index contributed by atoms with van der Waals surface area (Å²) in [6, 6.07) is 5.20. The molecule has 2 heteroatoms. The molecule has 1 aromatic rings. The first-order valence-corrected chi connectivity index (χ1v) is 8.41. The Morgan fingerprint density at radius 3 is 2.14 bits per heavy atom. The quantitative estimate of drug-likeness (QED) is 0.876. The molecule has 1 fully saturated rings. The standard InChI is InChI=1S/C19H32N2/c1-7-20-18(19(21(5)6)10-8-9-11-19)17-13-15(3)14(2)12-16(17)4/h12-13,18,20H,7-11H2,1-6H3. The van der Waals surface area contributed by atoms with Gasteiger partial charge in [-0.05, 0) is 76.5 Å². The highest BCUT2D eigenvalue weighted by Gasteiger charge is 2.44. The Morgan fingerprint density at radius 2 is 1.62 bits per heavy atom. The van der Waals surface area contributed by atoms with E-state index in [-0.39, 0.29) is 5.54 Å². The van der Waals surface area contributed by atoms with Crippen LogP contribution in [0.15, 0.2) is 12.1 Å². The van der Waals surface area contributed by atoms with E-state index in [4.69, 9.17) is 0 Å². The lowest BCUT2D eigenvalue weighted by molar-refractivity contribution is 0.105. The summed E-state index contributed by atoms with van der Waals surface area (Å²) in [6.07, 6.45) is 5.29. The number of hydrogen-bond acceptors (Lipinski definition) is 2. The van der Waals surface area contributed by atoms with Crippen LogP contribution in [0.25, 0.3) is 0 Å². The summed E-state index contributed by atoms with van der Waals surface area (Å²) in [7, 11) is 4.51. The Kier molecular flexibility index (Phi) is 5.11. The van der Waals surface area contributed by atoms with Gasteiger partial charge in [-0.3, -0.25) is 0 Å². The second-order valence-electron chi connectivity index (χ2n) is 6.99. The molecule has 2 rings (SSSR count). The molecule has 1 aromatic carbocycles. The van der Waals surface area contributed by atoms with Crippen molar-refractivity contribution in [2.75, 3.05) is 20.6 Å². The molecule has 1 aliphatic carbocycles. The molecule has 1 atom stereocenters. The van der Waals surface area contributed by atoms with Crippen LogP contribution in [0.4, 0.5) is 0 Å². The van der Waals surface area contributed by atoms with Gasteiger partial charge < -0.3 is 10.2 Å². The summed E-state index contributed by atoms with van der Waals surface area (Å²) in [4.78, 5) is 2.47. The van der Waals surface area contributed by atoms with Gasteiger partial charge in [0.25, 0.3) is 0 Å². The van der Waals surface area contributed by atoms with Crippen LogP contribution < -0.4 is 5.32 Å². The molecule has 1 N–H and O–H groups in total. The van der Waals surface area contributed by atoms with Gasteiger partial charge in [-0.15, -0.1) is 0 Å². The average Bonchev–Trinajstić information content (AvgIpc) is 2.91. The highest BCUT2D eigenvalue weighted by Crippen LogP contribution is 2.44. The van der Waals surface area contributed by atoms with Crippen molar-refractivity contribution in [3.05, 3.63) is 34.4 Å². The molecule has 21 heavy (non-hydrogen) atoms. The first-order chi connectivity index (χ1) is 9.92. The van der Waals surface area contributed by atoms with E-state index in [2.05, 4.69) is 64.1 Å². The van der Waals surface area contributed by atoms with E-state index in [0.717, 1.165) is 6.54 Å². The fourth-order valence-electron chi connectivity index (χ4n) is 4.07. The van der Waals surface area contributed by atoms with Gasteiger partial charge in [0.1, 0.15) is 0 Å². The molecular weight excluding hydrogens is 256 g/mol. The van der Waals surface area contributed by atoms with Crippen molar-refractivity contribution in [3.8, 4) is 0 Å². The van der Waals surface area contributed by atoms with Crippen LogP contribution in [-0.2, 0) is 0 Å². The molecule has 0 saturated heterocycles. The Balaban J connectivity index is 2.50. The van der Waals surface area contributed by atoms with Crippen LogP contribution in [0.3, 0.4) is 0 Å². The summed E-state index contributed by atoms with van der Waals surface area (Å²) in [5, 5.41) is 3.81. The Hall–Kier alpha value is -0.860. The van der Waals surface area contributed by atoms with Crippen LogP contribution in [0.2, 0.25) is 0 Å². The van der Waals surface area contributed by atoms with Gasteiger partial charge in [0, 0.05) is 5.54 Å². The van der Waals surface area contributed by atoms with Gasteiger partial charge >= 0.3 is 0 Å². The molecule has 0 heterocycles. The summed E-state index contributed by atoms with van der Waals surface area (Å²) < 4.78 is 0. The zero-order chi connectivity index (χ0) is 15.6. The predicted molar refractivity (Wildman–Crippen MR) is 92.0 cm³/mol. The molecule has 2 nitrogen and oxygen atoms in total. The zero-order valence-electron chi connectivity index (χ0n) is 14.7. The molecule has 0 amide bonds. The number of benzene rings is 1. The number of rotatable bonds is 5. The smallest absolute Gasteiger partial charge is 0.0509 e. The third kappa shape index (κ3) is 3.02. The SMILES string of the molecule is CCNC(c1cc(C)c(C)cc1C)C1(N(C)C)CCCC1. The van der Waals surface area contributed by atoms with Gasteiger partial charge in [0.2, 0.25) is 0 Å². The molecule has 0 radical (unpaired) electrons. The molecule has 0 aromatic heterocycles. The average molecular weight is 288 g/mol. The lowest BCUT2D eigenvalue weighted by atomic mass is 9.80. The van der Waals surface area contributed by atoms with Crippen LogP contribution >= 0.6 is 0 Å². The summed E-state index contributed by atoms with van der Waals surface area (Å²) in [5.41, 5.74) is 6.00. The van der Waals surface area contributed by atoms with Crippen LogP contribution in [0.1, 0.15) is 60.9 Å². The van der Waals surface area contributed by atoms with E-state index in [1.165, 1.54) is 47.9 Å². The van der Waals surface area contributed by atoms with Crippen molar-refractivity contribution in [3.63, 3.8) is 0 Å². The van der Waals surface area contributed by atoms with Gasteiger partial charge in [-0.2, -0.15) is 0 Å². The number of nitrogens with zero attached hydrogens (tertiary/aromatic N) is 1. The fourth-order valence-corrected chi connectivity index (χ4v) is 4.07. The van der Waals surface area contributed by atoms with Crippen molar-refractivity contribution in [1.82, 2.24) is 10.2 Å². The molecule has 1 unspecified atom stereocenters. The van der Waals surface area contributed by atoms with Crippen LogP contribution in [0.5, 0.6) is 0 Å². The van der Waals surface area contributed by atoms with E-state index < -0.39 is 0 Å². The Morgan fingerprint density at radius 1 is 1.05 bits per heavy atom. The largest absolute Gasteiger partial charge is 0.309 e. The maximum atomic E-state index is 3.81. The van der Waals surface area contributed by atoms with Crippen molar-refractivity contribution < 1.29 is 0 Å². The van der Waals surface area contributed by atoms with E-state index in [0.29, 0.717) is 6.04 Å². The molecule has 0 bridgehead atoms. The summed E-state index contributed by atoms with van der Waals surface area (Å²) >= 11 is 0. The first-order valence-electron chi connectivity index (χ1n) is 8.41. The van der Waals surface area contributed by atoms with E-state index in [1.54, 1.807) is 0 Å². The maximum absolute atomic E-state index is 3.81. The van der Waals surface area contributed by atoms with E-state index in [1.807, 2.05) is 0 Å². The monoisotopic (exact) mass is 288 g/mol. The molecule has 1 aliphatic rings. The van der Waals surface area contributed by atoms with Crippen LogP contribution in [-0.4, -0.2) is 31.1 Å². The van der Waals surface area contributed by atoms with Crippen molar-refractivity contribution in [2.24, 2.45) is 0 Å². The lowest BCUT2D eigenvalue weighted by Crippen LogP contribution is -2.52. The Labute approximate surface area is 130 Å². The molecule has 0 aliphatic heterocycles. The van der Waals surface area contributed by atoms with Crippen molar-refractivity contribution in [2.45, 2.75) is 65.0 Å². The van der Waals surface area contributed by atoms with Gasteiger partial charge in [-0.25, -0.2) is 0 Å². The zero-order valence-corrected chi connectivity index (χ0v) is 14.7. The highest BCUT2D eigenvalue weighted by atomic mass is 15.2. The molecular formula is C19H32N2. The normalized spacial score (nSPS) is 19.2. The lowest BCUT2D eigenvalue weighted by Gasteiger charge is -2.44. The fraction of sp³-hybridized carbons (Fsp3) is 0.684. The number of nitrogens with one attached hydrogen (secondary N) is 1. The summed E-state index contributed by atoms with van der Waals surface area (Å²) in [5.74, 6) is 0. The Bertz CT molecular complexity index is 485. The second kappa shape index (κ2) is 6.50. The first kappa shape index (κ1) is 16.5. The van der Waals surface area contributed by atoms with Gasteiger partial charge in [0.15, 0.2) is 0 Å². The minimum Gasteiger partial charge on any atom is -0.309 e. The number of aryl methyl sites for hydroxylation is 3. The minimum atomic E-state index is 0.266. The topological polar surface area (TPSA) is 15.3 Å².